The third-order valence-corrected chi connectivity index (χ3v) is 8.50. The summed E-state index contributed by atoms with van der Waals surface area (Å²) in [6, 6.07) is 2.31. The molecule has 8 heteroatoms. The van der Waals surface area contributed by atoms with Crippen molar-refractivity contribution in [1.29, 1.82) is 0 Å². The van der Waals surface area contributed by atoms with E-state index in [2.05, 4.69) is 26.8 Å². The molecular weight excluding hydrogens is 362 g/mol. The molecule has 0 saturated heterocycles. The van der Waals surface area contributed by atoms with E-state index in [1.165, 1.54) is 0 Å². The van der Waals surface area contributed by atoms with Gasteiger partial charge in [0.2, 0.25) is 0 Å². The van der Waals surface area contributed by atoms with Crippen molar-refractivity contribution in [2.45, 2.75) is 38.6 Å². The van der Waals surface area contributed by atoms with E-state index in [0.717, 1.165) is 42.5 Å². The molecule has 2 saturated carbocycles. The highest BCUT2D eigenvalue weighted by atomic mass is 32.2. The molecule has 2 aliphatic rings. The number of nitrogens with one attached hydrogen (secondary N) is 1. The number of fused-ring (bicyclic) bond motifs is 1. The molecule has 2 aliphatic carbocycles. The van der Waals surface area contributed by atoms with E-state index in [-0.39, 0.29) is 11.3 Å². The number of hydrogen-bond donors (Lipinski definition) is 2. The van der Waals surface area contributed by atoms with Crippen LogP contribution in [0.2, 0.25) is 0 Å². The number of rotatable bonds is 7. The quantitative estimate of drug-likeness (QED) is 0.747. The molecule has 2 aromatic rings. The van der Waals surface area contributed by atoms with Gasteiger partial charge in [-0.2, -0.15) is 0 Å². The maximum absolute atomic E-state index is 12.7. The molecule has 2 heterocycles. The predicted octanol–water partition coefficient (Wildman–Crippen LogP) is 1.96. The van der Waals surface area contributed by atoms with Crippen LogP contribution < -0.4 is 10.6 Å². The van der Waals surface area contributed by atoms with Crippen LogP contribution in [0.25, 0.3) is 11.0 Å². The van der Waals surface area contributed by atoms with Gasteiger partial charge < -0.3 is 15.6 Å². The van der Waals surface area contributed by atoms with Gasteiger partial charge in [0, 0.05) is 19.3 Å². The first-order chi connectivity index (χ1) is 12.8. The summed E-state index contributed by atoms with van der Waals surface area (Å²) >= 11 is 0. The van der Waals surface area contributed by atoms with Crippen molar-refractivity contribution in [3.8, 4) is 0 Å². The summed E-state index contributed by atoms with van der Waals surface area (Å²) in [7, 11) is -0.987. The van der Waals surface area contributed by atoms with Gasteiger partial charge in [0.1, 0.15) is 17.8 Å². The molecule has 0 bridgehead atoms. The summed E-state index contributed by atoms with van der Waals surface area (Å²) in [5.41, 5.74) is 6.45. The fourth-order valence-electron chi connectivity index (χ4n) is 5.03. The Morgan fingerprint density at radius 3 is 2.74 bits per heavy atom. The third-order valence-electron chi connectivity index (χ3n) is 6.38. The number of aromatic nitrogens is 3. The third kappa shape index (κ3) is 3.69. The molecule has 0 unspecified atom stereocenters. The molecule has 2 fully saturated rings. The van der Waals surface area contributed by atoms with Gasteiger partial charge in [-0.05, 0) is 55.5 Å². The first-order valence-corrected chi connectivity index (χ1v) is 11.5. The Balaban J connectivity index is 1.32. The van der Waals surface area contributed by atoms with Crippen molar-refractivity contribution < 1.29 is 8.42 Å². The van der Waals surface area contributed by atoms with E-state index >= 15 is 0 Å². The highest BCUT2D eigenvalue weighted by molar-refractivity contribution is 7.91. The Morgan fingerprint density at radius 2 is 2.04 bits per heavy atom. The Bertz CT molecular complexity index is 913. The van der Waals surface area contributed by atoms with E-state index in [9.17, 15) is 8.42 Å². The van der Waals surface area contributed by atoms with Gasteiger partial charge in [-0.1, -0.05) is 6.92 Å². The normalized spacial score (nSPS) is 30.7. The molecule has 0 atom stereocenters. The van der Waals surface area contributed by atoms with Crippen molar-refractivity contribution >= 4 is 26.7 Å². The molecule has 4 rings (SSSR count). The van der Waals surface area contributed by atoms with Crippen molar-refractivity contribution in [3.63, 3.8) is 0 Å². The average Bonchev–Trinajstić information content (AvgIpc) is 3.03. The number of nitrogens with zero attached hydrogens (tertiary/aromatic N) is 3. The standard InChI is InChI=1S/C19H29N5O2S/c1-19(7-14(8-19)9-20)11-27(25,26)10-13-5-15(6-13)24(2)18-16-3-4-21-17(16)22-12-23-18/h3-4,12-15H,5-11,20H2,1-2H3,(H,21,22,23). The number of hydrogen-bond acceptors (Lipinski definition) is 6. The summed E-state index contributed by atoms with van der Waals surface area (Å²) in [5, 5.41) is 1.00. The largest absolute Gasteiger partial charge is 0.356 e. The van der Waals surface area contributed by atoms with Crippen molar-refractivity contribution in [1.82, 2.24) is 15.0 Å². The zero-order valence-corrected chi connectivity index (χ0v) is 16.9. The molecule has 0 aromatic carbocycles. The summed E-state index contributed by atoms with van der Waals surface area (Å²) < 4.78 is 25.3. The van der Waals surface area contributed by atoms with E-state index < -0.39 is 9.84 Å². The molecule has 7 nitrogen and oxygen atoms in total. The lowest BCUT2D eigenvalue weighted by atomic mass is 9.64. The molecular formula is C19H29N5O2S. The Kier molecular flexibility index (Phi) is 4.66. The van der Waals surface area contributed by atoms with Gasteiger partial charge in [-0.25, -0.2) is 18.4 Å². The van der Waals surface area contributed by atoms with Crippen LogP contribution in [-0.2, 0) is 9.84 Å². The van der Waals surface area contributed by atoms with Crippen LogP contribution in [0, 0.1) is 17.3 Å². The maximum atomic E-state index is 12.7. The topological polar surface area (TPSA) is 105 Å². The summed E-state index contributed by atoms with van der Waals surface area (Å²) in [6.45, 7) is 2.76. The number of anilines is 1. The van der Waals surface area contributed by atoms with Gasteiger partial charge >= 0.3 is 0 Å². The predicted molar refractivity (Wildman–Crippen MR) is 107 cm³/mol. The minimum absolute atomic E-state index is 0.0658. The highest BCUT2D eigenvalue weighted by Gasteiger charge is 2.44. The number of nitrogens with two attached hydrogens (primary N) is 1. The van der Waals surface area contributed by atoms with Crippen LogP contribution in [0.1, 0.15) is 32.6 Å². The lowest BCUT2D eigenvalue weighted by Crippen LogP contribution is -2.47. The minimum atomic E-state index is -3.02. The fraction of sp³-hybridized carbons (Fsp3) is 0.684. The molecule has 3 N–H and O–H groups in total. The Labute approximate surface area is 160 Å². The second-order valence-electron chi connectivity index (χ2n) is 8.91. The van der Waals surface area contributed by atoms with Crippen molar-refractivity contribution in [2.75, 3.05) is 30.0 Å². The van der Waals surface area contributed by atoms with E-state index in [0.29, 0.717) is 30.0 Å². The summed E-state index contributed by atoms with van der Waals surface area (Å²) in [4.78, 5) is 13.9. The lowest BCUT2D eigenvalue weighted by molar-refractivity contribution is 0.106. The van der Waals surface area contributed by atoms with Gasteiger partial charge in [-0.15, -0.1) is 0 Å². The van der Waals surface area contributed by atoms with Crippen molar-refractivity contribution in [3.05, 3.63) is 18.6 Å². The number of H-pyrrole nitrogens is 1. The molecule has 0 aliphatic heterocycles. The zero-order chi connectivity index (χ0) is 19.2. The van der Waals surface area contributed by atoms with Gasteiger partial charge in [0.05, 0.1) is 16.9 Å². The minimum Gasteiger partial charge on any atom is -0.356 e. The van der Waals surface area contributed by atoms with Crippen LogP contribution >= 0.6 is 0 Å². The molecule has 2 aromatic heterocycles. The fourth-order valence-corrected chi connectivity index (χ4v) is 7.44. The first kappa shape index (κ1) is 18.7. The number of sulfone groups is 1. The Morgan fingerprint density at radius 1 is 1.30 bits per heavy atom. The highest BCUT2D eigenvalue weighted by Crippen LogP contribution is 2.46. The lowest BCUT2D eigenvalue weighted by Gasteiger charge is -2.46. The van der Waals surface area contributed by atoms with E-state index in [4.69, 9.17) is 5.73 Å². The van der Waals surface area contributed by atoms with Crippen LogP contribution in [0.5, 0.6) is 0 Å². The summed E-state index contributed by atoms with van der Waals surface area (Å²) in [6.07, 6.45) is 7.11. The Hall–Kier alpha value is -1.67. The molecule has 0 radical (unpaired) electrons. The van der Waals surface area contributed by atoms with Crippen LogP contribution in [-0.4, -0.2) is 54.5 Å². The summed E-state index contributed by atoms with van der Waals surface area (Å²) in [5.74, 6) is 2.28. The molecule has 27 heavy (non-hydrogen) atoms. The number of aromatic amines is 1. The van der Waals surface area contributed by atoms with Crippen LogP contribution in [0.15, 0.2) is 18.6 Å². The molecule has 148 valence electrons. The molecule has 0 amide bonds. The van der Waals surface area contributed by atoms with Crippen molar-refractivity contribution in [2.24, 2.45) is 23.0 Å². The monoisotopic (exact) mass is 391 g/mol. The average molecular weight is 392 g/mol. The van der Waals surface area contributed by atoms with Crippen LogP contribution in [0.3, 0.4) is 0 Å². The van der Waals surface area contributed by atoms with Gasteiger partial charge in [0.25, 0.3) is 0 Å². The van der Waals surface area contributed by atoms with Gasteiger partial charge in [-0.3, -0.25) is 0 Å². The van der Waals surface area contributed by atoms with Gasteiger partial charge in [0.15, 0.2) is 9.84 Å². The SMILES string of the molecule is CN(c1ncnc2[nH]ccc12)C1CC(CS(=O)(=O)CC2(C)CC(CN)C2)C1. The second kappa shape index (κ2) is 6.74. The van der Waals surface area contributed by atoms with E-state index in [1.807, 2.05) is 19.3 Å². The maximum Gasteiger partial charge on any atom is 0.151 e. The van der Waals surface area contributed by atoms with Crippen LogP contribution in [0.4, 0.5) is 5.82 Å². The second-order valence-corrected chi connectivity index (χ2v) is 11.0. The first-order valence-electron chi connectivity index (χ1n) is 9.70. The smallest absolute Gasteiger partial charge is 0.151 e. The molecule has 0 spiro atoms. The zero-order valence-electron chi connectivity index (χ0n) is 16.1. The van der Waals surface area contributed by atoms with E-state index in [1.54, 1.807) is 6.33 Å².